The minimum absolute atomic E-state index is 0.0552. The molecule has 0 N–H and O–H groups in total. The first-order valence-corrected chi connectivity index (χ1v) is 11.0. The topological polar surface area (TPSA) is 101 Å². The van der Waals surface area contributed by atoms with Crippen molar-refractivity contribution < 1.29 is 22.5 Å². The molecule has 2 fully saturated rings. The van der Waals surface area contributed by atoms with E-state index in [1.807, 2.05) is 0 Å². The zero-order valence-electron chi connectivity index (χ0n) is 16.0. The van der Waals surface area contributed by atoms with Crippen LogP contribution in [0.5, 0.6) is 0 Å². The number of nitro benzene ring substituents is 1. The van der Waals surface area contributed by atoms with E-state index >= 15 is 0 Å². The molecule has 158 valence electrons. The molecular formula is C20H20FN3O5S. The van der Waals surface area contributed by atoms with E-state index in [2.05, 4.69) is 0 Å². The fraction of sp³-hybridized carbons (Fsp3) is 0.350. The Morgan fingerprint density at radius 1 is 1.00 bits per heavy atom. The molecule has 4 rings (SSSR count). The molecule has 2 aromatic carbocycles. The van der Waals surface area contributed by atoms with Crippen molar-refractivity contribution in [2.45, 2.75) is 23.2 Å². The van der Waals surface area contributed by atoms with Crippen LogP contribution < -0.4 is 0 Å². The smallest absolute Gasteiger partial charge is 0.289 e. The summed E-state index contributed by atoms with van der Waals surface area (Å²) < 4.78 is 40.3. The molecule has 8 nitrogen and oxygen atoms in total. The molecule has 2 aliphatic rings. The second-order valence-corrected chi connectivity index (χ2v) is 9.42. The van der Waals surface area contributed by atoms with Crippen LogP contribution in [-0.2, 0) is 20.2 Å². The van der Waals surface area contributed by atoms with Crippen LogP contribution in [0.1, 0.15) is 18.4 Å². The van der Waals surface area contributed by atoms with E-state index < -0.39 is 26.0 Å². The summed E-state index contributed by atoms with van der Waals surface area (Å²) >= 11 is 0. The SMILES string of the molecule is O=C(N1CCN(S(=O)(=O)c2ccccc2[N+](=O)[O-])CC1)C1(c2ccc(F)cc2)CC1. The third-order valence-corrected chi connectivity index (χ3v) is 7.71. The number of carbonyl (C=O) groups excluding carboxylic acids is 1. The molecule has 0 bridgehead atoms. The second kappa shape index (κ2) is 7.44. The first kappa shape index (κ1) is 20.4. The second-order valence-electron chi connectivity index (χ2n) is 7.51. The molecule has 1 amide bonds. The first-order valence-electron chi connectivity index (χ1n) is 9.55. The lowest BCUT2D eigenvalue weighted by Gasteiger charge is -2.36. The number of hydrogen-bond donors (Lipinski definition) is 0. The summed E-state index contributed by atoms with van der Waals surface area (Å²) in [6.07, 6.45) is 1.35. The fourth-order valence-electron chi connectivity index (χ4n) is 3.92. The van der Waals surface area contributed by atoms with Gasteiger partial charge in [0.05, 0.1) is 10.3 Å². The van der Waals surface area contributed by atoms with E-state index in [0.717, 1.165) is 11.6 Å². The molecule has 0 unspecified atom stereocenters. The zero-order chi connectivity index (χ0) is 21.5. The molecule has 0 atom stereocenters. The van der Waals surface area contributed by atoms with Crippen molar-refractivity contribution in [2.75, 3.05) is 26.2 Å². The Morgan fingerprint density at radius 3 is 2.17 bits per heavy atom. The minimum Gasteiger partial charge on any atom is -0.339 e. The quantitative estimate of drug-likeness (QED) is 0.532. The lowest BCUT2D eigenvalue weighted by molar-refractivity contribution is -0.387. The third kappa shape index (κ3) is 3.46. The highest BCUT2D eigenvalue weighted by Gasteiger charge is 2.53. The molecule has 0 aromatic heterocycles. The normalized spacial score (nSPS) is 18.8. The molecule has 1 saturated carbocycles. The van der Waals surface area contributed by atoms with Gasteiger partial charge >= 0.3 is 0 Å². The highest BCUT2D eigenvalue weighted by molar-refractivity contribution is 7.89. The highest BCUT2D eigenvalue weighted by atomic mass is 32.2. The molecule has 10 heteroatoms. The third-order valence-electron chi connectivity index (χ3n) is 5.76. The first-order chi connectivity index (χ1) is 14.3. The van der Waals surface area contributed by atoms with Gasteiger partial charge in [0.2, 0.25) is 15.9 Å². The summed E-state index contributed by atoms with van der Waals surface area (Å²) in [5.41, 5.74) is -0.361. The van der Waals surface area contributed by atoms with Crippen molar-refractivity contribution in [1.82, 2.24) is 9.21 Å². The minimum atomic E-state index is -4.05. The number of rotatable bonds is 5. The molecule has 1 aliphatic heterocycles. The van der Waals surface area contributed by atoms with Gasteiger partial charge in [0, 0.05) is 32.2 Å². The Labute approximate surface area is 173 Å². The monoisotopic (exact) mass is 433 g/mol. The van der Waals surface area contributed by atoms with Gasteiger partial charge in [0.15, 0.2) is 4.90 Å². The maximum absolute atomic E-state index is 13.2. The van der Waals surface area contributed by atoms with Gasteiger partial charge in [0.25, 0.3) is 5.69 Å². The molecule has 30 heavy (non-hydrogen) atoms. The zero-order valence-corrected chi connectivity index (χ0v) is 16.8. The number of halogens is 1. The predicted octanol–water partition coefficient (Wildman–Crippen LogP) is 2.30. The Hall–Kier alpha value is -2.85. The van der Waals surface area contributed by atoms with Gasteiger partial charge in [-0.1, -0.05) is 24.3 Å². The van der Waals surface area contributed by atoms with Crippen LogP contribution in [0.25, 0.3) is 0 Å². The van der Waals surface area contributed by atoms with Gasteiger partial charge in [-0.05, 0) is 36.6 Å². The summed E-state index contributed by atoms with van der Waals surface area (Å²) in [5, 5.41) is 11.2. The van der Waals surface area contributed by atoms with Crippen LogP contribution in [0.4, 0.5) is 10.1 Å². The van der Waals surface area contributed by atoms with Gasteiger partial charge in [-0.25, -0.2) is 12.8 Å². The van der Waals surface area contributed by atoms with Gasteiger partial charge in [-0.3, -0.25) is 14.9 Å². The number of para-hydroxylation sites is 1. The number of benzene rings is 2. The molecule has 1 heterocycles. The van der Waals surface area contributed by atoms with Crippen LogP contribution in [0, 0.1) is 15.9 Å². The summed E-state index contributed by atoms with van der Waals surface area (Å²) in [6, 6.07) is 11.1. The lowest BCUT2D eigenvalue weighted by Crippen LogP contribution is -2.52. The average Bonchev–Trinajstić information content (AvgIpc) is 3.56. The molecule has 1 saturated heterocycles. The summed E-state index contributed by atoms with van der Waals surface area (Å²) in [7, 11) is -4.05. The van der Waals surface area contributed by atoms with E-state index in [1.54, 1.807) is 17.0 Å². The van der Waals surface area contributed by atoms with Crippen LogP contribution in [0.3, 0.4) is 0 Å². The fourth-order valence-corrected chi connectivity index (χ4v) is 5.50. The van der Waals surface area contributed by atoms with Crippen molar-refractivity contribution in [1.29, 1.82) is 0 Å². The molecule has 2 aromatic rings. The van der Waals surface area contributed by atoms with Crippen LogP contribution in [0.2, 0.25) is 0 Å². The Kier molecular flexibility index (Phi) is 5.07. The van der Waals surface area contributed by atoms with Gasteiger partial charge in [-0.15, -0.1) is 0 Å². The number of nitro groups is 1. The van der Waals surface area contributed by atoms with Crippen molar-refractivity contribution in [3.8, 4) is 0 Å². The maximum Gasteiger partial charge on any atom is 0.289 e. The number of amides is 1. The molecule has 1 aliphatic carbocycles. The number of nitrogens with zero attached hydrogens (tertiary/aromatic N) is 3. The Morgan fingerprint density at radius 2 is 1.60 bits per heavy atom. The maximum atomic E-state index is 13.2. The largest absolute Gasteiger partial charge is 0.339 e. The average molecular weight is 433 g/mol. The van der Waals surface area contributed by atoms with Gasteiger partial charge in [-0.2, -0.15) is 4.31 Å². The Balaban J connectivity index is 1.48. The summed E-state index contributed by atoms with van der Waals surface area (Å²) in [6.45, 7) is 0.502. The lowest BCUT2D eigenvalue weighted by atomic mass is 9.94. The van der Waals surface area contributed by atoms with E-state index in [0.29, 0.717) is 12.8 Å². The number of sulfonamides is 1. The van der Waals surface area contributed by atoms with E-state index in [4.69, 9.17) is 0 Å². The van der Waals surface area contributed by atoms with E-state index in [9.17, 15) is 27.7 Å². The molecule has 0 spiro atoms. The highest BCUT2D eigenvalue weighted by Crippen LogP contribution is 2.49. The Bertz CT molecular complexity index is 1090. The van der Waals surface area contributed by atoms with Crippen LogP contribution in [-0.4, -0.2) is 54.6 Å². The van der Waals surface area contributed by atoms with E-state index in [1.165, 1.54) is 34.6 Å². The number of piperazine rings is 1. The van der Waals surface area contributed by atoms with Gasteiger partial charge in [0.1, 0.15) is 5.82 Å². The summed E-state index contributed by atoms with van der Waals surface area (Å²) in [5.74, 6) is -0.451. The molecular weight excluding hydrogens is 413 g/mol. The number of carbonyl (C=O) groups is 1. The standard InChI is InChI=1S/C20H20FN3O5S/c21-16-7-5-15(6-8-16)20(9-10-20)19(25)22-11-13-23(14-12-22)30(28,29)18-4-2-1-3-17(18)24(26)27/h1-8H,9-14H2. The summed E-state index contributed by atoms with van der Waals surface area (Å²) in [4.78, 5) is 24.9. The number of hydrogen-bond acceptors (Lipinski definition) is 5. The van der Waals surface area contributed by atoms with Crippen molar-refractivity contribution in [2.24, 2.45) is 0 Å². The van der Waals surface area contributed by atoms with Crippen LogP contribution >= 0.6 is 0 Å². The van der Waals surface area contributed by atoms with E-state index in [-0.39, 0.29) is 42.8 Å². The predicted molar refractivity (Wildman–Crippen MR) is 106 cm³/mol. The van der Waals surface area contributed by atoms with Gasteiger partial charge < -0.3 is 4.90 Å². The van der Waals surface area contributed by atoms with Crippen molar-refractivity contribution in [3.63, 3.8) is 0 Å². The van der Waals surface area contributed by atoms with Crippen LogP contribution in [0.15, 0.2) is 53.4 Å². The van der Waals surface area contributed by atoms with Crippen molar-refractivity contribution >= 4 is 21.6 Å². The molecule has 0 radical (unpaired) electrons. The van der Waals surface area contributed by atoms with Crippen molar-refractivity contribution in [3.05, 3.63) is 70.0 Å².